The maximum atomic E-state index is 11.6. The van der Waals surface area contributed by atoms with Crippen LogP contribution in [0, 0.1) is 0 Å². The molecule has 0 aliphatic heterocycles. The van der Waals surface area contributed by atoms with Crippen LogP contribution in [0.1, 0.15) is 22.8 Å². The summed E-state index contributed by atoms with van der Waals surface area (Å²) in [6.07, 6.45) is 0.0567. The number of ether oxygens (including phenoxy) is 1. The second-order valence-electron chi connectivity index (χ2n) is 4.81. The van der Waals surface area contributed by atoms with Gasteiger partial charge in [0.15, 0.2) is 6.23 Å². The summed E-state index contributed by atoms with van der Waals surface area (Å²) >= 11 is 0. The number of rotatable bonds is 6. The highest BCUT2D eigenvalue weighted by Crippen LogP contribution is 2.11. The van der Waals surface area contributed by atoms with Crippen molar-refractivity contribution >= 4 is 11.9 Å². The zero-order chi connectivity index (χ0) is 15.3. The van der Waals surface area contributed by atoms with Crippen molar-refractivity contribution in [3.05, 3.63) is 47.5 Å². The molecule has 0 saturated carbocycles. The Bertz CT molecular complexity index is 505. The maximum Gasteiger partial charge on any atom is 0.335 e. The van der Waals surface area contributed by atoms with Gasteiger partial charge in [-0.15, -0.1) is 0 Å². The molecule has 0 amide bonds. The van der Waals surface area contributed by atoms with Crippen molar-refractivity contribution in [3.63, 3.8) is 0 Å². The normalized spacial score (nSPS) is 12.0. The van der Waals surface area contributed by atoms with Gasteiger partial charge in [-0.2, -0.15) is 0 Å². The first-order chi connectivity index (χ1) is 9.31. The van der Waals surface area contributed by atoms with Gasteiger partial charge in [0.05, 0.1) is 5.56 Å². The number of aromatic carboxylic acids is 1. The van der Waals surface area contributed by atoms with Crippen LogP contribution in [0.3, 0.4) is 0 Å². The molecule has 1 N–H and O–H groups in total. The molecule has 0 heterocycles. The molecular formula is C15H19NO4. The van der Waals surface area contributed by atoms with Gasteiger partial charge in [-0.1, -0.05) is 18.7 Å². The van der Waals surface area contributed by atoms with E-state index in [2.05, 4.69) is 6.58 Å². The van der Waals surface area contributed by atoms with Crippen molar-refractivity contribution in [1.82, 2.24) is 4.90 Å². The second-order valence-corrected chi connectivity index (χ2v) is 4.81. The molecule has 0 fully saturated rings. The molecule has 0 aliphatic rings. The first-order valence-electron chi connectivity index (χ1n) is 6.16. The topological polar surface area (TPSA) is 66.8 Å². The molecule has 0 spiro atoms. The molecule has 1 rings (SSSR count). The number of benzene rings is 1. The molecule has 5 heteroatoms. The van der Waals surface area contributed by atoms with Gasteiger partial charge in [-0.05, 0) is 38.7 Å². The Hall–Kier alpha value is -2.14. The molecule has 0 saturated heterocycles. The van der Waals surface area contributed by atoms with Crippen molar-refractivity contribution in [2.24, 2.45) is 0 Å². The average Bonchev–Trinajstić information content (AvgIpc) is 2.38. The molecule has 0 bridgehead atoms. The summed E-state index contributed by atoms with van der Waals surface area (Å²) in [5, 5.41) is 8.84. The van der Waals surface area contributed by atoms with Crippen molar-refractivity contribution < 1.29 is 19.4 Å². The smallest absolute Gasteiger partial charge is 0.335 e. The fourth-order valence-electron chi connectivity index (χ4n) is 1.54. The van der Waals surface area contributed by atoms with Crippen LogP contribution in [-0.2, 0) is 16.0 Å². The van der Waals surface area contributed by atoms with E-state index in [-0.39, 0.29) is 5.56 Å². The largest absolute Gasteiger partial charge is 0.478 e. The van der Waals surface area contributed by atoms with Gasteiger partial charge in [0.2, 0.25) is 0 Å². The lowest BCUT2D eigenvalue weighted by atomic mass is 10.1. The number of carboxylic acid groups (broad SMARTS) is 1. The van der Waals surface area contributed by atoms with Crippen LogP contribution in [-0.4, -0.2) is 42.3 Å². The van der Waals surface area contributed by atoms with Gasteiger partial charge in [0, 0.05) is 12.0 Å². The Kier molecular flexibility index (Phi) is 5.46. The lowest BCUT2D eigenvalue weighted by Gasteiger charge is -2.24. The molecule has 1 atom stereocenters. The number of carbonyl (C=O) groups excluding carboxylic acids is 1. The van der Waals surface area contributed by atoms with Crippen LogP contribution in [0.25, 0.3) is 0 Å². The first kappa shape index (κ1) is 15.9. The van der Waals surface area contributed by atoms with Gasteiger partial charge < -0.3 is 9.84 Å². The van der Waals surface area contributed by atoms with Crippen LogP contribution >= 0.6 is 0 Å². The summed E-state index contributed by atoms with van der Waals surface area (Å²) in [7, 11) is 3.62. The van der Waals surface area contributed by atoms with Gasteiger partial charge in [0.1, 0.15) is 0 Å². The lowest BCUT2D eigenvalue weighted by Crippen LogP contribution is -2.35. The summed E-state index contributed by atoms with van der Waals surface area (Å²) in [6.45, 7) is 5.14. The van der Waals surface area contributed by atoms with E-state index < -0.39 is 18.2 Å². The molecular weight excluding hydrogens is 258 g/mol. The number of hydrogen-bond acceptors (Lipinski definition) is 4. The highest BCUT2D eigenvalue weighted by molar-refractivity contribution is 5.87. The van der Waals surface area contributed by atoms with Crippen molar-refractivity contribution in [2.75, 3.05) is 14.1 Å². The highest BCUT2D eigenvalue weighted by atomic mass is 16.6. The third kappa shape index (κ3) is 4.51. The monoisotopic (exact) mass is 277 g/mol. The third-order valence-electron chi connectivity index (χ3n) is 2.78. The standard InChI is InChI=1S/C15H19NO4/c1-10(2)15(19)20-13(16(3)4)9-11-5-7-12(8-6-11)14(17)18/h5-8,13H,1,9H2,2-4H3,(H,17,18). The average molecular weight is 277 g/mol. The molecule has 1 aromatic carbocycles. The second kappa shape index (κ2) is 6.86. The summed E-state index contributed by atoms with van der Waals surface area (Å²) in [4.78, 5) is 24.1. The minimum atomic E-state index is -0.964. The number of nitrogens with zero attached hydrogens (tertiary/aromatic N) is 1. The molecule has 108 valence electrons. The van der Waals surface area contributed by atoms with E-state index in [0.29, 0.717) is 12.0 Å². The number of hydrogen-bond donors (Lipinski definition) is 1. The van der Waals surface area contributed by atoms with Gasteiger partial charge in [-0.3, -0.25) is 4.90 Å². The molecule has 0 aliphatic carbocycles. The number of carbonyl (C=O) groups is 2. The fraction of sp³-hybridized carbons (Fsp3) is 0.333. The van der Waals surface area contributed by atoms with E-state index in [1.54, 1.807) is 24.0 Å². The van der Waals surface area contributed by atoms with Gasteiger partial charge in [-0.25, -0.2) is 9.59 Å². The highest BCUT2D eigenvalue weighted by Gasteiger charge is 2.18. The van der Waals surface area contributed by atoms with E-state index in [9.17, 15) is 9.59 Å². The number of carboxylic acids is 1. The van der Waals surface area contributed by atoms with E-state index in [1.165, 1.54) is 12.1 Å². The summed E-state index contributed by atoms with van der Waals surface area (Å²) < 4.78 is 5.33. The number of likely N-dealkylation sites (N-methyl/N-ethyl adjacent to an activating group) is 1. The zero-order valence-corrected chi connectivity index (χ0v) is 11.9. The molecule has 5 nitrogen and oxygen atoms in total. The van der Waals surface area contributed by atoms with Gasteiger partial charge in [0.25, 0.3) is 0 Å². The molecule has 0 radical (unpaired) electrons. The van der Waals surface area contributed by atoms with Crippen LogP contribution in [0.4, 0.5) is 0 Å². The van der Waals surface area contributed by atoms with Crippen LogP contribution < -0.4 is 0 Å². The Morgan fingerprint density at radius 1 is 1.30 bits per heavy atom. The predicted molar refractivity (Wildman–Crippen MR) is 75.5 cm³/mol. The lowest BCUT2D eigenvalue weighted by molar-refractivity contribution is -0.151. The quantitative estimate of drug-likeness (QED) is 0.489. The minimum absolute atomic E-state index is 0.231. The number of esters is 1. The first-order valence-corrected chi connectivity index (χ1v) is 6.16. The third-order valence-corrected chi connectivity index (χ3v) is 2.78. The van der Waals surface area contributed by atoms with Crippen molar-refractivity contribution in [2.45, 2.75) is 19.6 Å². The summed E-state index contributed by atoms with van der Waals surface area (Å²) in [5.41, 5.74) is 1.47. The molecule has 20 heavy (non-hydrogen) atoms. The maximum absolute atomic E-state index is 11.6. The Labute approximate surface area is 118 Å². The van der Waals surface area contributed by atoms with E-state index in [1.807, 2.05) is 14.1 Å². The Balaban J connectivity index is 2.77. The summed E-state index contributed by atoms with van der Waals surface area (Å²) in [5.74, 6) is -1.40. The Morgan fingerprint density at radius 2 is 1.85 bits per heavy atom. The predicted octanol–water partition coefficient (Wildman–Crippen LogP) is 1.93. The van der Waals surface area contributed by atoms with Crippen LogP contribution in [0.5, 0.6) is 0 Å². The molecule has 0 aromatic heterocycles. The SMILES string of the molecule is C=C(C)C(=O)OC(Cc1ccc(C(=O)O)cc1)N(C)C. The van der Waals surface area contributed by atoms with E-state index in [0.717, 1.165) is 5.56 Å². The fourth-order valence-corrected chi connectivity index (χ4v) is 1.54. The van der Waals surface area contributed by atoms with Crippen molar-refractivity contribution in [3.8, 4) is 0 Å². The van der Waals surface area contributed by atoms with Crippen LogP contribution in [0.2, 0.25) is 0 Å². The van der Waals surface area contributed by atoms with E-state index >= 15 is 0 Å². The summed E-state index contributed by atoms with van der Waals surface area (Å²) in [6, 6.07) is 6.50. The zero-order valence-electron chi connectivity index (χ0n) is 11.9. The van der Waals surface area contributed by atoms with Crippen LogP contribution in [0.15, 0.2) is 36.4 Å². The van der Waals surface area contributed by atoms with Crippen molar-refractivity contribution in [1.29, 1.82) is 0 Å². The minimum Gasteiger partial charge on any atom is -0.478 e. The molecule has 1 unspecified atom stereocenters. The van der Waals surface area contributed by atoms with Gasteiger partial charge >= 0.3 is 11.9 Å². The van der Waals surface area contributed by atoms with E-state index in [4.69, 9.17) is 9.84 Å². The molecule has 1 aromatic rings. The Morgan fingerprint density at radius 3 is 2.25 bits per heavy atom.